The predicted octanol–water partition coefficient (Wildman–Crippen LogP) is 1.34. The Labute approximate surface area is 141 Å². The van der Waals surface area contributed by atoms with Crippen molar-refractivity contribution in [3.05, 3.63) is 52.2 Å². The number of aryl methyl sites for hydroxylation is 2. The second kappa shape index (κ2) is 5.78. The average Bonchev–Trinajstić information content (AvgIpc) is 3.39. The molecule has 1 saturated carbocycles. The third-order valence-electron chi connectivity index (χ3n) is 4.71. The maximum atomic E-state index is 11.9. The van der Waals surface area contributed by atoms with Crippen molar-refractivity contribution in [2.24, 2.45) is 5.92 Å². The van der Waals surface area contributed by atoms with E-state index in [2.05, 4.69) is 53.7 Å². The predicted molar refractivity (Wildman–Crippen MR) is 95.1 cm³/mol. The highest BCUT2D eigenvalue weighted by molar-refractivity contribution is 5.82. The van der Waals surface area contributed by atoms with E-state index in [0.29, 0.717) is 0 Å². The summed E-state index contributed by atoms with van der Waals surface area (Å²) in [7, 11) is 0. The van der Waals surface area contributed by atoms with Crippen LogP contribution in [0.25, 0.3) is 23.4 Å². The Hall–Kier alpha value is -2.62. The Balaban J connectivity index is 1.66. The molecule has 1 unspecified atom stereocenters. The fraction of sp³-hybridized carbons (Fsp3) is 0.300. The van der Waals surface area contributed by atoms with Crippen molar-refractivity contribution in [1.82, 2.24) is 15.6 Å². The molecule has 1 amide bonds. The van der Waals surface area contributed by atoms with Crippen LogP contribution in [-0.2, 0) is 4.79 Å². The SMILES string of the molecule is Cc1cncc(C)c1-c1ccc2c(c1)=CNC(NC(=O)C1CC1)C=2. The van der Waals surface area contributed by atoms with Gasteiger partial charge in [0.15, 0.2) is 0 Å². The topological polar surface area (TPSA) is 54.0 Å². The van der Waals surface area contributed by atoms with E-state index in [1.165, 1.54) is 22.3 Å². The molecule has 2 aromatic rings. The molecule has 122 valence electrons. The minimum Gasteiger partial charge on any atom is -0.368 e. The lowest BCUT2D eigenvalue weighted by Gasteiger charge is -2.19. The molecule has 4 rings (SSSR count). The Kier molecular flexibility index (Phi) is 3.60. The Morgan fingerprint density at radius 2 is 1.92 bits per heavy atom. The van der Waals surface area contributed by atoms with Gasteiger partial charge in [0.25, 0.3) is 0 Å². The van der Waals surface area contributed by atoms with Gasteiger partial charge in [0.2, 0.25) is 5.91 Å². The lowest BCUT2D eigenvalue weighted by atomic mass is 9.97. The maximum Gasteiger partial charge on any atom is 0.224 e. The van der Waals surface area contributed by atoms with Crippen LogP contribution in [0.15, 0.2) is 30.6 Å². The molecule has 0 saturated heterocycles. The van der Waals surface area contributed by atoms with E-state index in [1.807, 2.05) is 18.6 Å². The molecule has 0 bridgehead atoms. The van der Waals surface area contributed by atoms with Gasteiger partial charge in [0.1, 0.15) is 6.17 Å². The highest BCUT2D eigenvalue weighted by Gasteiger charge is 2.30. The van der Waals surface area contributed by atoms with Crippen LogP contribution in [0, 0.1) is 19.8 Å². The van der Waals surface area contributed by atoms with Crippen molar-refractivity contribution < 1.29 is 4.79 Å². The monoisotopic (exact) mass is 319 g/mol. The van der Waals surface area contributed by atoms with Gasteiger partial charge < -0.3 is 10.6 Å². The molecule has 24 heavy (non-hydrogen) atoms. The molecule has 0 spiro atoms. The average molecular weight is 319 g/mol. The summed E-state index contributed by atoms with van der Waals surface area (Å²) < 4.78 is 0. The van der Waals surface area contributed by atoms with Crippen molar-refractivity contribution in [2.75, 3.05) is 0 Å². The first-order chi connectivity index (χ1) is 11.6. The number of fused-ring (bicyclic) bond motifs is 1. The number of carbonyl (C=O) groups excluding carboxylic acids is 1. The summed E-state index contributed by atoms with van der Waals surface area (Å²) in [6, 6.07) is 6.45. The molecular formula is C20H21N3O. The second-order valence-corrected chi connectivity index (χ2v) is 6.73. The minimum absolute atomic E-state index is 0.124. The van der Waals surface area contributed by atoms with Crippen LogP contribution in [0.1, 0.15) is 24.0 Å². The molecular weight excluding hydrogens is 298 g/mol. The molecule has 4 nitrogen and oxygen atoms in total. The molecule has 2 N–H and O–H groups in total. The number of hydrogen-bond acceptors (Lipinski definition) is 3. The Morgan fingerprint density at radius 1 is 1.17 bits per heavy atom. The van der Waals surface area contributed by atoms with E-state index in [1.54, 1.807) is 0 Å². The number of nitrogens with one attached hydrogen (secondary N) is 2. The van der Waals surface area contributed by atoms with Gasteiger partial charge in [-0.15, -0.1) is 0 Å². The second-order valence-electron chi connectivity index (χ2n) is 6.73. The summed E-state index contributed by atoms with van der Waals surface area (Å²) in [4.78, 5) is 16.2. The fourth-order valence-corrected chi connectivity index (χ4v) is 3.27. The number of carbonyl (C=O) groups is 1. The zero-order valence-electron chi connectivity index (χ0n) is 14.0. The first-order valence-electron chi connectivity index (χ1n) is 8.42. The molecule has 1 atom stereocenters. The van der Waals surface area contributed by atoms with Crippen LogP contribution in [-0.4, -0.2) is 17.1 Å². The van der Waals surface area contributed by atoms with Gasteiger partial charge in [0.05, 0.1) is 0 Å². The van der Waals surface area contributed by atoms with E-state index in [9.17, 15) is 4.79 Å². The van der Waals surface area contributed by atoms with E-state index in [-0.39, 0.29) is 18.0 Å². The standard InChI is InChI=1S/C20H21N3O/c1-12-9-21-10-13(2)19(12)16-6-5-15-8-18(22-11-17(15)7-16)23-20(24)14-3-4-14/h5-11,14,18,22H,3-4H2,1-2H3,(H,23,24). The van der Waals surface area contributed by atoms with E-state index in [4.69, 9.17) is 0 Å². The molecule has 1 aliphatic heterocycles. The molecule has 1 fully saturated rings. The van der Waals surface area contributed by atoms with Crippen LogP contribution < -0.4 is 21.1 Å². The normalized spacial score (nSPS) is 18.7. The van der Waals surface area contributed by atoms with Crippen molar-refractivity contribution >= 4 is 18.2 Å². The van der Waals surface area contributed by atoms with Crippen LogP contribution in [0.3, 0.4) is 0 Å². The van der Waals surface area contributed by atoms with Crippen LogP contribution >= 0.6 is 0 Å². The first-order valence-corrected chi connectivity index (χ1v) is 8.42. The Bertz CT molecular complexity index is 908. The van der Waals surface area contributed by atoms with Gasteiger partial charge in [-0.3, -0.25) is 9.78 Å². The number of aromatic nitrogens is 1. The van der Waals surface area contributed by atoms with E-state index in [0.717, 1.165) is 23.3 Å². The summed E-state index contributed by atoms with van der Waals surface area (Å²) >= 11 is 0. The largest absolute Gasteiger partial charge is 0.368 e. The zero-order chi connectivity index (χ0) is 16.7. The lowest BCUT2D eigenvalue weighted by molar-refractivity contribution is -0.122. The number of pyridine rings is 1. The van der Waals surface area contributed by atoms with Gasteiger partial charge in [-0.1, -0.05) is 12.1 Å². The summed E-state index contributed by atoms with van der Waals surface area (Å²) in [5, 5.41) is 8.59. The quantitative estimate of drug-likeness (QED) is 0.898. The van der Waals surface area contributed by atoms with Crippen LogP contribution in [0.2, 0.25) is 0 Å². The number of nitrogens with zero attached hydrogens (tertiary/aromatic N) is 1. The van der Waals surface area contributed by atoms with Crippen LogP contribution in [0.4, 0.5) is 0 Å². The molecule has 1 aliphatic carbocycles. The molecule has 0 radical (unpaired) electrons. The third-order valence-corrected chi connectivity index (χ3v) is 4.71. The summed E-state index contributed by atoms with van der Waals surface area (Å²) in [6.07, 6.45) is 9.79. The van der Waals surface area contributed by atoms with Gasteiger partial charge in [-0.2, -0.15) is 0 Å². The van der Waals surface area contributed by atoms with Gasteiger partial charge in [0, 0.05) is 24.5 Å². The number of hydrogen-bond donors (Lipinski definition) is 2. The first kappa shape index (κ1) is 14.9. The molecule has 2 aliphatic rings. The molecule has 1 aromatic heterocycles. The lowest BCUT2D eigenvalue weighted by Crippen LogP contribution is -2.48. The maximum absolute atomic E-state index is 11.9. The van der Waals surface area contributed by atoms with E-state index >= 15 is 0 Å². The highest BCUT2D eigenvalue weighted by atomic mass is 16.2. The Morgan fingerprint density at radius 3 is 2.62 bits per heavy atom. The van der Waals surface area contributed by atoms with Gasteiger partial charge in [-0.25, -0.2) is 0 Å². The zero-order valence-corrected chi connectivity index (χ0v) is 14.0. The number of rotatable bonds is 3. The number of amides is 1. The van der Waals surface area contributed by atoms with Crippen molar-refractivity contribution in [2.45, 2.75) is 32.9 Å². The molecule has 2 heterocycles. The third kappa shape index (κ3) is 2.80. The van der Waals surface area contributed by atoms with Crippen molar-refractivity contribution in [1.29, 1.82) is 0 Å². The fourth-order valence-electron chi connectivity index (χ4n) is 3.27. The smallest absolute Gasteiger partial charge is 0.224 e. The van der Waals surface area contributed by atoms with Gasteiger partial charge in [-0.05, 0) is 71.5 Å². The van der Waals surface area contributed by atoms with Crippen molar-refractivity contribution in [3.63, 3.8) is 0 Å². The molecule has 1 aromatic carbocycles. The highest BCUT2D eigenvalue weighted by Crippen LogP contribution is 2.28. The van der Waals surface area contributed by atoms with Gasteiger partial charge >= 0.3 is 0 Å². The van der Waals surface area contributed by atoms with Crippen LogP contribution in [0.5, 0.6) is 0 Å². The summed E-state index contributed by atoms with van der Waals surface area (Å²) in [5.74, 6) is 0.377. The van der Waals surface area contributed by atoms with E-state index < -0.39 is 0 Å². The summed E-state index contributed by atoms with van der Waals surface area (Å²) in [6.45, 7) is 4.18. The van der Waals surface area contributed by atoms with Crippen molar-refractivity contribution in [3.8, 4) is 11.1 Å². The summed E-state index contributed by atoms with van der Waals surface area (Å²) in [5.41, 5.74) is 4.79. The molecule has 4 heteroatoms. The number of benzene rings is 1. The minimum atomic E-state index is -0.124.